The van der Waals surface area contributed by atoms with E-state index in [2.05, 4.69) is 31.0 Å². The Hall–Kier alpha value is -2.78. The second-order valence-electron chi connectivity index (χ2n) is 14.1. The number of rotatable bonds is 12. The van der Waals surface area contributed by atoms with Gasteiger partial charge in [-0.05, 0) is 66.2 Å². The van der Waals surface area contributed by atoms with Gasteiger partial charge in [0.15, 0.2) is 6.29 Å². The third kappa shape index (κ3) is 8.44. The molecule has 2 aromatic carbocycles. The van der Waals surface area contributed by atoms with E-state index in [9.17, 15) is 14.7 Å². The number of likely N-dealkylation sites (tertiary alicyclic amines) is 1. The van der Waals surface area contributed by atoms with E-state index >= 15 is 0 Å². The molecule has 8 heteroatoms. The van der Waals surface area contributed by atoms with Crippen LogP contribution in [0.3, 0.4) is 0 Å². The van der Waals surface area contributed by atoms with Crippen LogP contribution < -0.4 is 5.32 Å². The van der Waals surface area contributed by atoms with E-state index in [1.807, 2.05) is 48.5 Å². The summed E-state index contributed by atoms with van der Waals surface area (Å²) < 4.78 is 13.2. The van der Waals surface area contributed by atoms with Crippen molar-refractivity contribution in [2.45, 2.75) is 110 Å². The molecule has 3 fully saturated rings. The summed E-state index contributed by atoms with van der Waals surface area (Å²) in [5.74, 6) is -0.878. The minimum atomic E-state index is -0.801. The predicted octanol–water partition coefficient (Wildman–Crippen LogP) is 6.60. The second kappa shape index (κ2) is 13.5. The molecular weight excluding hydrogens is 544 g/mol. The summed E-state index contributed by atoms with van der Waals surface area (Å²) in [6, 6.07) is 16.2. The lowest BCUT2D eigenvalue weighted by atomic mass is 9.65. The van der Waals surface area contributed by atoms with E-state index in [0.717, 1.165) is 42.6 Å². The van der Waals surface area contributed by atoms with Gasteiger partial charge in [-0.1, -0.05) is 63.6 Å². The summed E-state index contributed by atoms with van der Waals surface area (Å²) in [4.78, 5) is 25.7. The number of aliphatic carboxylic acids is 1. The number of anilines is 1. The van der Waals surface area contributed by atoms with Crippen molar-refractivity contribution in [2.24, 2.45) is 10.8 Å². The molecule has 3 aliphatic rings. The zero-order valence-corrected chi connectivity index (χ0v) is 25.9. The van der Waals surface area contributed by atoms with E-state index in [4.69, 9.17) is 14.6 Å². The smallest absolute Gasteiger partial charge is 0.303 e. The number of benzene rings is 2. The monoisotopic (exact) mass is 592 g/mol. The molecule has 2 saturated heterocycles. The summed E-state index contributed by atoms with van der Waals surface area (Å²) in [6.45, 7) is 9.25. The lowest BCUT2D eigenvalue weighted by Crippen LogP contribution is -2.42. The molecule has 1 saturated carbocycles. The van der Waals surface area contributed by atoms with Crippen molar-refractivity contribution in [2.75, 3.05) is 18.4 Å². The van der Waals surface area contributed by atoms with Gasteiger partial charge in [0.2, 0.25) is 5.91 Å². The second-order valence-corrected chi connectivity index (χ2v) is 14.1. The molecule has 3 N–H and O–H groups in total. The van der Waals surface area contributed by atoms with E-state index in [0.29, 0.717) is 41.8 Å². The Morgan fingerprint density at radius 1 is 0.930 bits per heavy atom. The number of hydrogen-bond donors (Lipinski definition) is 3. The Bertz CT molecular complexity index is 1250. The highest BCUT2D eigenvalue weighted by molar-refractivity contribution is 5.90. The molecular formula is C35H48N2O6. The Morgan fingerprint density at radius 2 is 1.63 bits per heavy atom. The van der Waals surface area contributed by atoms with Crippen molar-refractivity contribution in [3.8, 4) is 0 Å². The SMILES string of the molecule is CC1(C)CC2CC(C)(CN2C[C@H]2C[C@@H](c3ccc(CO)cc3)O[C@@H](c3ccc(NC(=O)CCCCCC(=O)O)cc3)O2)C1. The fraction of sp³-hybridized carbons (Fsp3) is 0.600. The van der Waals surface area contributed by atoms with Crippen LogP contribution in [0.5, 0.6) is 0 Å². The maximum atomic E-state index is 12.4. The quantitative estimate of drug-likeness (QED) is 0.238. The highest BCUT2D eigenvalue weighted by atomic mass is 16.7. The van der Waals surface area contributed by atoms with Crippen molar-refractivity contribution >= 4 is 17.6 Å². The Morgan fingerprint density at radius 3 is 2.33 bits per heavy atom. The normalized spacial score (nSPS) is 28.5. The number of hydrogen-bond acceptors (Lipinski definition) is 6. The summed E-state index contributed by atoms with van der Waals surface area (Å²) in [7, 11) is 0. The third-order valence-electron chi connectivity index (χ3n) is 9.34. The molecule has 2 aromatic rings. The van der Waals surface area contributed by atoms with E-state index in [1.54, 1.807) is 0 Å². The first-order valence-corrected chi connectivity index (χ1v) is 15.9. The number of carboxylic acid groups (broad SMARTS) is 1. The number of carbonyl (C=O) groups is 2. The zero-order valence-electron chi connectivity index (χ0n) is 25.9. The van der Waals surface area contributed by atoms with Gasteiger partial charge in [0.1, 0.15) is 0 Å². The van der Waals surface area contributed by atoms with Crippen LogP contribution in [0.1, 0.15) is 108 Å². The van der Waals surface area contributed by atoms with Crippen LogP contribution in [-0.4, -0.2) is 52.2 Å². The molecule has 0 aromatic heterocycles. The minimum absolute atomic E-state index is 0.00726. The van der Waals surface area contributed by atoms with Crippen LogP contribution in [0.2, 0.25) is 0 Å². The van der Waals surface area contributed by atoms with E-state index in [1.165, 1.54) is 19.3 Å². The standard InChI is InChI=1S/C35H48N2O6/c1-34(2)18-28-19-35(3,22-34)23-37(28)20-29-17-30(25-11-9-24(21-38)10-12-25)43-33(42-29)26-13-15-27(16-14-26)36-31(39)7-5-4-6-8-32(40)41/h9-16,28-30,33,38H,4-8,17-23H2,1-3H3,(H,36,39)(H,40,41)/t28?,29-,30+,33+,35?/m1/s1. The summed E-state index contributed by atoms with van der Waals surface area (Å²) in [5.41, 5.74) is 4.29. The molecule has 2 aliphatic heterocycles. The molecule has 8 nitrogen and oxygen atoms in total. The molecule has 1 aliphatic carbocycles. The van der Waals surface area contributed by atoms with Gasteiger partial charge >= 0.3 is 5.97 Å². The molecule has 1 amide bonds. The summed E-state index contributed by atoms with van der Waals surface area (Å²) in [6.07, 6.45) is 6.31. The number of ether oxygens (including phenoxy) is 2. The van der Waals surface area contributed by atoms with Crippen LogP contribution in [-0.2, 0) is 25.7 Å². The van der Waals surface area contributed by atoms with Gasteiger partial charge in [0.25, 0.3) is 0 Å². The third-order valence-corrected chi connectivity index (χ3v) is 9.34. The van der Waals surface area contributed by atoms with Gasteiger partial charge in [-0.3, -0.25) is 14.5 Å². The lowest BCUT2D eigenvalue weighted by Gasteiger charge is -2.41. The van der Waals surface area contributed by atoms with Crippen LogP contribution in [0.25, 0.3) is 0 Å². The number of unbranched alkanes of at least 4 members (excludes halogenated alkanes) is 2. The van der Waals surface area contributed by atoms with Crippen LogP contribution >= 0.6 is 0 Å². The number of carbonyl (C=O) groups excluding carboxylic acids is 1. The zero-order chi connectivity index (χ0) is 30.6. The summed E-state index contributed by atoms with van der Waals surface area (Å²) in [5, 5.41) is 21.2. The number of nitrogens with zero attached hydrogens (tertiary/aromatic N) is 1. The van der Waals surface area contributed by atoms with E-state index in [-0.39, 0.29) is 31.1 Å². The first kappa shape index (κ1) is 31.6. The molecule has 5 atom stereocenters. The molecule has 2 unspecified atom stereocenters. The number of amides is 1. The Labute approximate surface area is 255 Å². The number of fused-ring (bicyclic) bond motifs is 2. The highest BCUT2D eigenvalue weighted by Crippen LogP contribution is 2.53. The largest absolute Gasteiger partial charge is 0.481 e. The topological polar surface area (TPSA) is 108 Å². The summed E-state index contributed by atoms with van der Waals surface area (Å²) >= 11 is 0. The maximum absolute atomic E-state index is 12.4. The number of aliphatic hydroxyl groups excluding tert-OH is 1. The molecule has 0 radical (unpaired) electrons. The first-order valence-electron chi connectivity index (χ1n) is 15.9. The molecule has 2 heterocycles. The van der Waals surface area contributed by atoms with Crippen LogP contribution in [0, 0.1) is 10.8 Å². The minimum Gasteiger partial charge on any atom is -0.481 e. The van der Waals surface area contributed by atoms with Gasteiger partial charge in [0, 0.05) is 49.6 Å². The van der Waals surface area contributed by atoms with Crippen LogP contribution in [0.15, 0.2) is 48.5 Å². The number of carboxylic acids is 1. The van der Waals surface area contributed by atoms with Gasteiger partial charge < -0.3 is 25.0 Å². The highest BCUT2D eigenvalue weighted by Gasteiger charge is 2.50. The van der Waals surface area contributed by atoms with E-state index < -0.39 is 12.3 Å². The fourth-order valence-corrected chi connectivity index (χ4v) is 7.77. The maximum Gasteiger partial charge on any atom is 0.303 e. The number of aliphatic hydroxyl groups is 1. The van der Waals surface area contributed by atoms with Crippen molar-refractivity contribution in [1.29, 1.82) is 0 Å². The average Bonchev–Trinajstić information content (AvgIpc) is 3.20. The predicted molar refractivity (Wildman–Crippen MR) is 165 cm³/mol. The molecule has 234 valence electrons. The number of nitrogens with one attached hydrogen (secondary N) is 1. The lowest BCUT2D eigenvalue weighted by molar-refractivity contribution is -0.253. The molecule has 2 bridgehead atoms. The Balaban J connectivity index is 1.25. The van der Waals surface area contributed by atoms with Gasteiger partial charge in [-0.15, -0.1) is 0 Å². The molecule has 43 heavy (non-hydrogen) atoms. The van der Waals surface area contributed by atoms with Crippen molar-refractivity contribution in [1.82, 2.24) is 4.90 Å². The van der Waals surface area contributed by atoms with Crippen molar-refractivity contribution in [3.63, 3.8) is 0 Å². The molecule has 5 rings (SSSR count). The Kier molecular flexibility index (Phi) is 9.91. The van der Waals surface area contributed by atoms with Crippen molar-refractivity contribution in [3.05, 3.63) is 65.2 Å². The van der Waals surface area contributed by atoms with Gasteiger partial charge in [0.05, 0.1) is 18.8 Å². The average molecular weight is 593 g/mol. The van der Waals surface area contributed by atoms with Gasteiger partial charge in [-0.25, -0.2) is 0 Å². The molecule has 0 spiro atoms. The van der Waals surface area contributed by atoms with Gasteiger partial charge in [-0.2, -0.15) is 0 Å². The van der Waals surface area contributed by atoms with Crippen LogP contribution in [0.4, 0.5) is 5.69 Å². The fourth-order valence-electron chi connectivity index (χ4n) is 7.77. The van der Waals surface area contributed by atoms with Crippen molar-refractivity contribution < 1.29 is 29.3 Å². The first-order chi connectivity index (χ1) is 20.5.